The molecule has 1 aromatic carbocycles. The largest absolute Gasteiger partial charge is 0.336 e. The van der Waals surface area contributed by atoms with Gasteiger partial charge in [0.25, 0.3) is 0 Å². The van der Waals surface area contributed by atoms with Gasteiger partial charge in [-0.3, -0.25) is 4.79 Å². The average molecular weight is 304 g/mol. The number of thiazole rings is 1. The smallest absolute Gasteiger partial charge is 0.233 e. The fraction of sp³-hybridized carbons (Fsp3) is 0.375. The standard InChI is InChI=1S/C16H17FN2OS/c1-11(14-18-9-10-21-14)19(2)15(20)16(7-8-16)12-5-3-4-6-13(12)17/h3-6,9-11H,7-8H2,1-2H3/t11-/m0/s1. The first-order valence-electron chi connectivity index (χ1n) is 6.98. The van der Waals surface area contributed by atoms with Gasteiger partial charge in [0.1, 0.15) is 10.8 Å². The number of amides is 1. The van der Waals surface area contributed by atoms with Gasteiger partial charge in [0.05, 0.1) is 11.5 Å². The Morgan fingerprint density at radius 2 is 2.14 bits per heavy atom. The van der Waals surface area contributed by atoms with Crippen molar-refractivity contribution in [1.82, 2.24) is 9.88 Å². The first-order valence-corrected chi connectivity index (χ1v) is 7.86. The van der Waals surface area contributed by atoms with Crippen molar-refractivity contribution >= 4 is 17.2 Å². The van der Waals surface area contributed by atoms with Crippen molar-refractivity contribution in [3.8, 4) is 0 Å². The van der Waals surface area contributed by atoms with E-state index in [9.17, 15) is 9.18 Å². The van der Waals surface area contributed by atoms with E-state index in [4.69, 9.17) is 0 Å². The van der Waals surface area contributed by atoms with Crippen LogP contribution in [0.4, 0.5) is 4.39 Å². The zero-order chi connectivity index (χ0) is 15.0. The van der Waals surface area contributed by atoms with Gasteiger partial charge in [0.15, 0.2) is 0 Å². The molecule has 3 rings (SSSR count). The van der Waals surface area contributed by atoms with E-state index < -0.39 is 5.41 Å². The quantitative estimate of drug-likeness (QED) is 0.865. The summed E-state index contributed by atoms with van der Waals surface area (Å²) in [5, 5.41) is 2.80. The molecule has 0 bridgehead atoms. The Morgan fingerprint density at radius 1 is 1.43 bits per heavy atom. The van der Waals surface area contributed by atoms with Gasteiger partial charge in [-0.1, -0.05) is 18.2 Å². The second kappa shape index (κ2) is 5.22. The maximum Gasteiger partial charge on any atom is 0.233 e. The van der Waals surface area contributed by atoms with E-state index in [0.29, 0.717) is 18.4 Å². The summed E-state index contributed by atoms with van der Waals surface area (Å²) < 4.78 is 14.0. The van der Waals surface area contributed by atoms with Crippen LogP contribution in [0.25, 0.3) is 0 Å². The Hall–Kier alpha value is -1.75. The number of carbonyl (C=O) groups excluding carboxylic acids is 1. The molecule has 0 aliphatic heterocycles. The van der Waals surface area contributed by atoms with Gasteiger partial charge >= 0.3 is 0 Å². The fourth-order valence-electron chi connectivity index (χ4n) is 2.69. The minimum Gasteiger partial charge on any atom is -0.336 e. The molecule has 1 fully saturated rings. The maximum absolute atomic E-state index is 14.0. The van der Waals surface area contributed by atoms with Gasteiger partial charge in [0.2, 0.25) is 5.91 Å². The number of benzene rings is 1. The van der Waals surface area contributed by atoms with Crippen LogP contribution >= 0.6 is 11.3 Å². The number of rotatable bonds is 4. The highest BCUT2D eigenvalue weighted by Crippen LogP contribution is 2.51. The van der Waals surface area contributed by atoms with Gasteiger partial charge in [-0.15, -0.1) is 11.3 Å². The summed E-state index contributed by atoms with van der Waals surface area (Å²) in [5.74, 6) is -0.311. The van der Waals surface area contributed by atoms with E-state index in [1.54, 1.807) is 36.3 Å². The summed E-state index contributed by atoms with van der Waals surface area (Å²) in [6.07, 6.45) is 3.15. The highest BCUT2D eigenvalue weighted by Gasteiger charge is 2.54. The lowest BCUT2D eigenvalue weighted by molar-refractivity contribution is -0.134. The molecule has 5 heteroatoms. The van der Waals surface area contributed by atoms with Gasteiger partial charge in [-0.05, 0) is 25.8 Å². The van der Waals surface area contributed by atoms with Crippen LogP contribution in [0, 0.1) is 5.82 Å². The molecule has 1 amide bonds. The van der Waals surface area contributed by atoms with E-state index in [2.05, 4.69) is 4.98 Å². The molecule has 3 nitrogen and oxygen atoms in total. The van der Waals surface area contributed by atoms with Gasteiger partial charge in [-0.2, -0.15) is 0 Å². The van der Waals surface area contributed by atoms with Crippen molar-refractivity contribution in [3.05, 3.63) is 52.2 Å². The van der Waals surface area contributed by atoms with Crippen LogP contribution in [0.1, 0.15) is 36.4 Å². The molecule has 0 saturated heterocycles. The van der Waals surface area contributed by atoms with Crippen LogP contribution < -0.4 is 0 Å². The highest BCUT2D eigenvalue weighted by atomic mass is 32.1. The first-order chi connectivity index (χ1) is 10.1. The van der Waals surface area contributed by atoms with Crippen LogP contribution in [0.15, 0.2) is 35.8 Å². The molecule has 0 N–H and O–H groups in total. The van der Waals surface area contributed by atoms with Crippen LogP contribution in [0.2, 0.25) is 0 Å². The summed E-state index contributed by atoms with van der Waals surface area (Å²) in [4.78, 5) is 18.8. The molecular weight excluding hydrogens is 287 g/mol. The minimum absolute atomic E-state index is 0.0182. The topological polar surface area (TPSA) is 33.2 Å². The van der Waals surface area contributed by atoms with E-state index in [1.165, 1.54) is 17.4 Å². The third-order valence-corrected chi connectivity index (χ3v) is 5.20. The van der Waals surface area contributed by atoms with Crippen molar-refractivity contribution in [3.63, 3.8) is 0 Å². The second-order valence-electron chi connectivity index (χ2n) is 5.52. The Kier molecular flexibility index (Phi) is 3.53. The highest BCUT2D eigenvalue weighted by molar-refractivity contribution is 7.09. The number of hydrogen-bond donors (Lipinski definition) is 0. The van der Waals surface area contributed by atoms with E-state index in [-0.39, 0.29) is 17.8 Å². The molecule has 0 spiro atoms. The SMILES string of the molecule is C[C@@H](c1nccs1)N(C)C(=O)C1(c2ccccc2F)CC1. The zero-order valence-electron chi connectivity index (χ0n) is 12.0. The second-order valence-corrected chi connectivity index (χ2v) is 6.45. The summed E-state index contributed by atoms with van der Waals surface area (Å²) >= 11 is 1.53. The van der Waals surface area contributed by atoms with Gasteiger partial charge in [0, 0.05) is 24.2 Å². The molecule has 1 atom stereocenters. The molecule has 21 heavy (non-hydrogen) atoms. The number of likely N-dealkylation sites (N-methyl/N-ethyl adjacent to an activating group) is 1. The van der Waals surface area contributed by atoms with Crippen molar-refractivity contribution in [1.29, 1.82) is 0 Å². The summed E-state index contributed by atoms with van der Waals surface area (Å²) in [7, 11) is 1.77. The number of carbonyl (C=O) groups is 1. The Bertz CT molecular complexity index is 652. The monoisotopic (exact) mass is 304 g/mol. The third-order valence-electron chi connectivity index (χ3n) is 4.26. The van der Waals surface area contributed by atoms with E-state index in [0.717, 1.165) is 5.01 Å². The van der Waals surface area contributed by atoms with Gasteiger partial charge < -0.3 is 4.90 Å². The molecule has 1 heterocycles. The molecule has 1 aliphatic carbocycles. The average Bonchev–Trinajstić information content (AvgIpc) is 3.11. The molecule has 1 saturated carbocycles. The lowest BCUT2D eigenvalue weighted by Crippen LogP contribution is -2.38. The number of halogens is 1. The molecule has 1 aliphatic rings. The molecule has 2 aromatic rings. The van der Waals surface area contributed by atoms with Crippen molar-refractivity contribution in [2.24, 2.45) is 0 Å². The number of hydrogen-bond acceptors (Lipinski definition) is 3. The molecule has 0 radical (unpaired) electrons. The lowest BCUT2D eigenvalue weighted by atomic mass is 9.93. The predicted molar refractivity (Wildman–Crippen MR) is 80.6 cm³/mol. The van der Waals surface area contributed by atoms with E-state index >= 15 is 0 Å². The van der Waals surface area contributed by atoms with Crippen LogP contribution in [-0.4, -0.2) is 22.8 Å². The molecular formula is C16H17FN2OS. The van der Waals surface area contributed by atoms with Crippen molar-refractivity contribution in [2.75, 3.05) is 7.05 Å². The summed E-state index contributed by atoms with van der Waals surface area (Å²) in [5.41, 5.74) is -0.154. The van der Waals surface area contributed by atoms with Crippen LogP contribution in [0.5, 0.6) is 0 Å². The molecule has 110 valence electrons. The van der Waals surface area contributed by atoms with Crippen molar-refractivity contribution in [2.45, 2.75) is 31.2 Å². The normalized spacial score (nSPS) is 17.3. The summed E-state index contributed by atoms with van der Waals surface area (Å²) in [6, 6.07) is 6.49. The molecule has 0 unspecified atom stereocenters. The minimum atomic E-state index is -0.675. The number of aromatic nitrogens is 1. The number of nitrogens with zero attached hydrogens (tertiary/aromatic N) is 2. The third kappa shape index (κ3) is 2.35. The first kappa shape index (κ1) is 14.2. The maximum atomic E-state index is 14.0. The zero-order valence-corrected chi connectivity index (χ0v) is 12.9. The van der Waals surface area contributed by atoms with Crippen LogP contribution in [0.3, 0.4) is 0 Å². The lowest BCUT2D eigenvalue weighted by Gasteiger charge is -2.28. The van der Waals surface area contributed by atoms with E-state index in [1.807, 2.05) is 12.3 Å². The molecule has 1 aromatic heterocycles. The Balaban J connectivity index is 1.87. The van der Waals surface area contributed by atoms with Gasteiger partial charge in [-0.25, -0.2) is 9.37 Å². The van der Waals surface area contributed by atoms with Crippen LogP contribution in [-0.2, 0) is 10.2 Å². The van der Waals surface area contributed by atoms with Crippen molar-refractivity contribution < 1.29 is 9.18 Å². The predicted octanol–water partition coefficient (Wildman–Crippen LogP) is 3.53. The summed E-state index contributed by atoms with van der Waals surface area (Å²) in [6.45, 7) is 1.95. The fourth-order valence-corrected chi connectivity index (χ4v) is 3.43. The Morgan fingerprint density at radius 3 is 2.71 bits per heavy atom. The Labute approximate surface area is 127 Å².